The smallest absolute Gasteiger partial charge is 0.247 e. The van der Waals surface area contributed by atoms with Crippen LogP contribution in [0.1, 0.15) is 28.7 Å². The van der Waals surface area contributed by atoms with E-state index in [0.29, 0.717) is 45.7 Å². The van der Waals surface area contributed by atoms with Crippen LogP contribution < -0.4 is 10.6 Å². The van der Waals surface area contributed by atoms with Crippen molar-refractivity contribution in [3.05, 3.63) is 168 Å². The summed E-state index contributed by atoms with van der Waals surface area (Å²) in [7, 11) is 0. The minimum absolute atomic E-state index is 0.271. The number of amides is 4. The van der Waals surface area contributed by atoms with Crippen molar-refractivity contribution in [2.75, 3.05) is 13.1 Å². The number of hydrogen-bond donors (Lipinski definition) is 2. The van der Waals surface area contributed by atoms with Gasteiger partial charge in [-0.05, 0) is 28.7 Å². The molecule has 0 saturated carbocycles. The van der Waals surface area contributed by atoms with Crippen LogP contribution in [0.4, 0.5) is 0 Å². The Morgan fingerprint density at radius 1 is 0.426 bits per heavy atom. The molecular formula is C39H40N4O4. The van der Waals surface area contributed by atoms with Crippen LogP contribution in [-0.4, -0.2) is 46.5 Å². The predicted octanol–water partition coefficient (Wildman–Crippen LogP) is 5.18. The number of carbonyl (C=O) groups is 4. The summed E-state index contributed by atoms with van der Waals surface area (Å²) >= 11 is 0. The van der Waals surface area contributed by atoms with E-state index in [1.165, 1.54) is 24.3 Å². The molecule has 0 spiro atoms. The van der Waals surface area contributed by atoms with Crippen LogP contribution in [0, 0.1) is 0 Å². The topological polar surface area (TPSA) is 98.8 Å². The molecule has 0 aliphatic carbocycles. The van der Waals surface area contributed by atoms with E-state index in [1.807, 2.05) is 121 Å². The minimum Gasteiger partial charge on any atom is -0.352 e. The van der Waals surface area contributed by atoms with E-state index in [4.69, 9.17) is 0 Å². The van der Waals surface area contributed by atoms with E-state index >= 15 is 0 Å². The lowest BCUT2D eigenvalue weighted by atomic mass is 10.1. The first-order valence-electron chi connectivity index (χ1n) is 15.6. The quantitative estimate of drug-likeness (QED) is 0.132. The molecule has 8 heteroatoms. The molecule has 8 nitrogen and oxygen atoms in total. The number of carbonyl (C=O) groups excluding carboxylic acids is 4. The van der Waals surface area contributed by atoms with Crippen LogP contribution in [0.3, 0.4) is 0 Å². The normalized spacial score (nSPS) is 10.9. The number of rotatable bonds is 16. The predicted molar refractivity (Wildman–Crippen MR) is 183 cm³/mol. The molecule has 4 amide bonds. The highest BCUT2D eigenvalue weighted by molar-refractivity contribution is 5.97. The molecule has 0 saturated heterocycles. The Bertz CT molecular complexity index is 1420. The maximum absolute atomic E-state index is 13.0. The molecule has 4 aromatic rings. The van der Waals surface area contributed by atoms with Crippen molar-refractivity contribution in [1.29, 1.82) is 0 Å². The summed E-state index contributed by atoms with van der Waals surface area (Å²) in [5.74, 6) is -1.34. The molecule has 4 aromatic carbocycles. The standard InChI is InChI=1S/C39H40N4O4/c44-36(22-24-38(46)42(28-32-14-5-1-6-15-32)29-33-16-7-2-8-17-33)40-26-13-27-41-37(45)23-25-39(47)43(30-34-18-9-3-10-19-34)31-35-20-11-4-12-21-35/h1-12,14-25H,13,26-31H2,(H,40,44)(H,41,45)/b24-22-,25-23+. The lowest BCUT2D eigenvalue weighted by Crippen LogP contribution is -2.30. The third-order valence-electron chi connectivity index (χ3n) is 7.19. The summed E-state index contributed by atoms with van der Waals surface area (Å²) in [6, 6.07) is 38.8. The number of benzene rings is 4. The van der Waals surface area contributed by atoms with E-state index in [9.17, 15) is 19.2 Å². The van der Waals surface area contributed by atoms with Gasteiger partial charge in [0.2, 0.25) is 23.6 Å². The van der Waals surface area contributed by atoms with Gasteiger partial charge in [-0.15, -0.1) is 0 Å². The zero-order valence-corrected chi connectivity index (χ0v) is 26.3. The van der Waals surface area contributed by atoms with Gasteiger partial charge in [0.15, 0.2) is 0 Å². The molecule has 240 valence electrons. The van der Waals surface area contributed by atoms with Gasteiger partial charge in [-0.3, -0.25) is 19.2 Å². The van der Waals surface area contributed by atoms with Crippen LogP contribution in [-0.2, 0) is 45.4 Å². The van der Waals surface area contributed by atoms with Crippen LogP contribution in [0.2, 0.25) is 0 Å². The second-order valence-electron chi connectivity index (χ2n) is 10.9. The zero-order chi connectivity index (χ0) is 33.1. The maximum atomic E-state index is 13.0. The molecule has 4 rings (SSSR count). The third-order valence-corrected chi connectivity index (χ3v) is 7.19. The first-order valence-corrected chi connectivity index (χ1v) is 15.6. The van der Waals surface area contributed by atoms with E-state index in [-0.39, 0.29) is 11.8 Å². The summed E-state index contributed by atoms with van der Waals surface area (Å²) in [6.07, 6.45) is 5.50. The fourth-order valence-electron chi connectivity index (χ4n) is 4.77. The molecule has 0 radical (unpaired) electrons. The van der Waals surface area contributed by atoms with Gasteiger partial charge in [-0.25, -0.2) is 0 Å². The Labute approximate surface area is 276 Å². The summed E-state index contributed by atoms with van der Waals surface area (Å²) in [6.45, 7) is 2.27. The summed E-state index contributed by atoms with van der Waals surface area (Å²) < 4.78 is 0. The van der Waals surface area contributed by atoms with Gasteiger partial charge in [0.1, 0.15) is 0 Å². The number of hydrogen-bond acceptors (Lipinski definition) is 4. The average molecular weight is 629 g/mol. The van der Waals surface area contributed by atoms with Crippen LogP contribution in [0.5, 0.6) is 0 Å². The van der Waals surface area contributed by atoms with Crippen LogP contribution in [0.25, 0.3) is 0 Å². The first-order chi connectivity index (χ1) is 23.0. The van der Waals surface area contributed by atoms with Crippen LogP contribution in [0.15, 0.2) is 146 Å². The van der Waals surface area contributed by atoms with Gasteiger partial charge >= 0.3 is 0 Å². The monoisotopic (exact) mass is 628 g/mol. The highest BCUT2D eigenvalue weighted by Crippen LogP contribution is 2.12. The van der Waals surface area contributed by atoms with Crippen molar-refractivity contribution in [1.82, 2.24) is 20.4 Å². The van der Waals surface area contributed by atoms with Gasteiger partial charge in [-0.1, -0.05) is 121 Å². The van der Waals surface area contributed by atoms with Crippen molar-refractivity contribution in [2.24, 2.45) is 0 Å². The third kappa shape index (κ3) is 12.6. The zero-order valence-electron chi connectivity index (χ0n) is 26.3. The Morgan fingerprint density at radius 3 is 0.979 bits per heavy atom. The fraction of sp³-hybridized carbons (Fsp3) is 0.179. The second-order valence-corrected chi connectivity index (χ2v) is 10.9. The molecule has 0 fully saturated rings. The minimum atomic E-state index is -0.397. The molecule has 0 aromatic heterocycles. The Kier molecular flexibility index (Phi) is 13.7. The Hall–Kier alpha value is -5.76. The van der Waals surface area contributed by atoms with Crippen molar-refractivity contribution in [3.63, 3.8) is 0 Å². The first kappa shape index (κ1) is 34.1. The second kappa shape index (κ2) is 18.9. The maximum Gasteiger partial charge on any atom is 0.247 e. The Balaban J connectivity index is 1.20. The van der Waals surface area contributed by atoms with E-state index in [0.717, 1.165) is 22.3 Å². The SMILES string of the molecule is O=C(/C=C\C(=O)N(Cc1ccccc1)Cc1ccccc1)NCCCNC(=O)/C=C/C(=O)N(Cc1ccccc1)Cc1ccccc1. The highest BCUT2D eigenvalue weighted by atomic mass is 16.2. The molecular weight excluding hydrogens is 588 g/mol. The van der Waals surface area contributed by atoms with Gasteiger partial charge in [0.05, 0.1) is 0 Å². The van der Waals surface area contributed by atoms with E-state index in [2.05, 4.69) is 10.6 Å². The van der Waals surface area contributed by atoms with Gasteiger partial charge in [0, 0.05) is 63.6 Å². The van der Waals surface area contributed by atoms with Crippen LogP contribution >= 0.6 is 0 Å². The molecule has 0 unspecified atom stereocenters. The Morgan fingerprint density at radius 2 is 0.702 bits per heavy atom. The van der Waals surface area contributed by atoms with Crippen molar-refractivity contribution in [3.8, 4) is 0 Å². The van der Waals surface area contributed by atoms with Gasteiger partial charge in [0.25, 0.3) is 0 Å². The fourth-order valence-corrected chi connectivity index (χ4v) is 4.77. The van der Waals surface area contributed by atoms with Crippen molar-refractivity contribution >= 4 is 23.6 Å². The van der Waals surface area contributed by atoms with Crippen molar-refractivity contribution in [2.45, 2.75) is 32.6 Å². The summed E-state index contributed by atoms with van der Waals surface area (Å²) in [5, 5.41) is 5.47. The molecule has 47 heavy (non-hydrogen) atoms. The number of nitrogens with one attached hydrogen (secondary N) is 2. The molecule has 0 aliphatic rings. The molecule has 0 aliphatic heterocycles. The molecule has 0 atom stereocenters. The largest absolute Gasteiger partial charge is 0.352 e. The lowest BCUT2D eigenvalue weighted by molar-refractivity contribution is -0.128. The molecule has 0 bridgehead atoms. The highest BCUT2D eigenvalue weighted by Gasteiger charge is 2.14. The lowest BCUT2D eigenvalue weighted by Gasteiger charge is -2.21. The number of nitrogens with zero attached hydrogens (tertiary/aromatic N) is 2. The summed E-state index contributed by atoms with van der Waals surface area (Å²) in [4.78, 5) is 54.2. The average Bonchev–Trinajstić information content (AvgIpc) is 3.10. The molecule has 2 N–H and O–H groups in total. The van der Waals surface area contributed by atoms with E-state index < -0.39 is 11.8 Å². The van der Waals surface area contributed by atoms with Gasteiger partial charge < -0.3 is 20.4 Å². The van der Waals surface area contributed by atoms with Crippen molar-refractivity contribution < 1.29 is 19.2 Å². The van der Waals surface area contributed by atoms with E-state index in [1.54, 1.807) is 9.80 Å². The molecule has 0 heterocycles. The summed E-state index contributed by atoms with van der Waals surface area (Å²) in [5.41, 5.74) is 3.97. The van der Waals surface area contributed by atoms with Gasteiger partial charge in [-0.2, -0.15) is 0 Å².